The van der Waals surface area contributed by atoms with Gasteiger partial charge in [-0.15, -0.1) is 0 Å². The maximum absolute atomic E-state index is 11.1. The summed E-state index contributed by atoms with van der Waals surface area (Å²) in [7, 11) is 0. The minimum Gasteiger partial charge on any atom is -0.481 e. The molecular weight excluding hydrogens is 222 g/mol. The molecule has 5 nitrogen and oxygen atoms in total. The fourth-order valence-corrected chi connectivity index (χ4v) is 1.56. The van der Waals surface area contributed by atoms with Gasteiger partial charge in [0.25, 0.3) is 0 Å². The van der Waals surface area contributed by atoms with Crippen LogP contribution in [-0.2, 0) is 16.0 Å². The lowest BCUT2D eigenvalue weighted by Gasteiger charge is -2.24. The van der Waals surface area contributed by atoms with Gasteiger partial charge in [-0.05, 0) is 12.0 Å². The van der Waals surface area contributed by atoms with E-state index >= 15 is 0 Å². The van der Waals surface area contributed by atoms with E-state index in [1.165, 1.54) is 0 Å². The number of carboxylic acids is 2. The first-order valence-electron chi connectivity index (χ1n) is 5.22. The van der Waals surface area contributed by atoms with Gasteiger partial charge >= 0.3 is 11.9 Å². The molecule has 0 aliphatic rings. The van der Waals surface area contributed by atoms with Gasteiger partial charge in [-0.3, -0.25) is 9.59 Å². The van der Waals surface area contributed by atoms with Crippen LogP contribution in [0.1, 0.15) is 18.4 Å². The fourth-order valence-electron chi connectivity index (χ4n) is 1.56. The molecule has 0 amide bonds. The van der Waals surface area contributed by atoms with Crippen molar-refractivity contribution in [2.24, 2.45) is 5.73 Å². The van der Waals surface area contributed by atoms with Gasteiger partial charge in [0.05, 0.1) is 0 Å². The zero-order chi connectivity index (χ0) is 12.9. The van der Waals surface area contributed by atoms with Crippen LogP contribution < -0.4 is 5.73 Å². The zero-order valence-corrected chi connectivity index (χ0v) is 9.30. The molecule has 0 bridgehead atoms. The predicted octanol–water partition coefficient (Wildman–Crippen LogP) is 0.876. The minimum atomic E-state index is -1.53. The van der Waals surface area contributed by atoms with E-state index in [4.69, 9.17) is 15.9 Å². The van der Waals surface area contributed by atoms with Crippen LogP contribution >= 0.6 is 0 Å². The molecule has 17 heavy (non-hydrogen) atoms. The standard InChI is InChI=1S/C12H15NO4/c13-12(11(16)17,7-6-10(14)15)8-9-4-2-1-3-5-9/h1-5H,6-8,13H2,(H,14,15)(H,16,17)/t12-/m0/s1. The Balaban J connectivity index is 2.78. The van der Waals surface area contributed by atoms with Crippen molar-refractivity contribution in [3.05, 3.63) is 35.9 Å². The van der Waals surface area contributed by atoms with E-state index in [2.05, 4.69) is 0 Å². The lowest BCUT2D eigenvalue weighted by Crippen LogP contribution is -2.50. The summed E-state index contributed by atoms with van der Waals surface area (Å²) in [5.41, 5.74) is 5.01. The molecule has 1 aromatic rings. The number of carbonyl (C=O) groups is 2. The summed E-state index contributed by atoms with van der Waals surface area (Å²) in [6, 6.07) is 8.93. The summed E-state index contributed by atoms with van der Waals surface area (Å²) in [5, 5.41) is 17.7. The third-order valence-corrected chi connectivity index (χ3v) is 2.57. The smallest absolute Gasteiger partial charge is 0.324 e. The average Bonchev–Trinajstić information content (AvgIpc) is 2.27. The van der Waals surface area contributed by atoms with Crippen LogP contribution in [-0.4, -0.2) is 27.7 Å². The van der Waals surface area contributed by atoms with Crippen LogP contribution in [0.15, 0.2) is 30.3 Å². The Labute approximate surface area is 98.9 Å². The van der Waals surface area contributed by atoms with E-state index in [-0.39, 0.29) is 19.3 Å². The molecule has 1 rings (SSSR count). The highest BCUT2D eigenvalue weighted by atomic mass is 16.4. The predicted molar refractivity (Wildman–Crippen MR) is 61.6 cm³/mol. The second kappa shape index (κ2) is 5.45. The molecule has 0 aromatic heterocycles. The number of aliphatic carboxylic acids is 2. The van der Waals surface area contributed by atoms with Crippen molar-refractivity contribution in [3.63, 3.8) is 0 Å². The molecule has 0 saturated heterocycles. The highest BCUT2D eigenvalue weighted by Crippen LogP contribution is 2.17. The molecule has 4 N–H and O–H groups in total. The van der Waals surface area contributed by atoms with Crippen molar-refractivity contribution >= 4 is 11.9 Å². The highest BCUT2D eigenvalue weighted by molar-refractivity contribution is 5.80. The first-order chi connectivity index (χ1) is 7.94. The van der Waals surface area contributed by atoms with E-state index in [0.717, 1.165) is 5.56 Å². The second-order valence-electron chi connectivity index (χ2n) is 4.02. The molecule has 0 saturated carbocycles. The summed E-state index contributed by atoms with van der Waals surface area (Å²) in [6.45, 7) is 0. The van der Waals surface area contributed by atoms with Gasteiger partial charge in [0.1, 0.15) is 5.54 Å². The van der Waals surface area contributed by atoms with Gasteiger partial charge in [-0.25, -0.2) is 0 Å². The van der Waals surface area contributed by atoms with Crippen LogP contribution in [0.3, 0.4) is 0 Å². The molecular formula is C12H15NO4. The monoisotopic (exact) mass is 237 g/mol. The van der Waals surface area contributed by atoms with Crippen molar-refractivity contribution < 1.29 is 19.8 Å². The van der Waals surface area contributed by atoms with E-state index < -0.39 is 17.5 Å². The van der Waals surface area contributed by atoms with E-state index in [1.54, 1.807) is 24.3 Å². The Morgan fingerprint density at radius 2 is 1.76 bits per heavy atom. The Morgan fingerprint density at radius 3 is 2.24 bits per heavy atom. The highest BCUT2D eigenvalue weighted by Gasteiger charge is 2.34. The van der Waals surface area contributed by atoms with Gasteiger partial charge < -0.3 is 15.9 Å². The third kappa shape index (κ3) is 3.88. The molecule has 92 valence electrons. The Bertz CT molecular complexity index is 404. The van der Waals surface area contributed by atoms with Crippen LogP contribution in [0.25, 0.3) is 0 Å². The summed E-state index contributed by atoms with van der Waals surface area (Å²) in [4.78, 5) is 21.6. The van der Waals surface area contributed by atoms with Crippen molar-refractivity contribution in [2.45, 2.75) is 24.8 Å². The van der Waals surface area contributed by atoms with Gasteiger partial charge in [0.2, 0.25) is 0 Å². The van der Waals surface area contributed by atoms with Crippen LogP contribution in [0.2, 0.25) is 0 Å². The average molecular weight is 237 g/mol. The fraction of sp³-hybridized carbons (Fsp3) is 0.333. The maximum Gasteiger partial charge on any atom is 0.324 e. The first kappa shape index (κ1) is 13.2. The van der Waals surface area contributed by atoms with Crippen LogP contribution in [0, 0.1) is 0 Å². The largest absolute Gasteiger partial charge is 0.481 e. The van der Waals surface area contributed by atoms with E-state index in [0.29, 0.717) is 0 Å². The zero-order valence-electron chi connectivity index (χ0n) is 9.30. The van der Waals surface area contributed by atoms with E-state index in [1.807, 2.05) is 6.07 Å². The number of hydrogen-bond donors (Lipinski definition) is 3. The topological polar surface area (TPSA) is 101 Å². The van der Waals surface area contributed by atoms with Crippen LogP contribution in [0.5, 0.6) is 0 Å². The molecule has 0 fully saturated rings. The Morgan fingerprint density at radius 1 is 1.18 bits per heavy atom. The molecule has 0 spiro atoms. The molecule has 5 heteroatoms. The molecule has 0 heterocycles. The lowest BCUT2D eigenvalue weighted by molar-refractivity contribution is -0.144. The number of rotatable bonds is 6. The SMILES string of the molecule is N[C@@](CCC(=O)O)(Cc1ccccc1)C(=O)O. The van der Waals surface area contributed by atoms with Gasteiger partial charge in [-0.1, -0.05) is 30.3 Å². The van der Waals surface area contributed by atoms with Crippen molar-refractivity contribution in [2.75, 3.05) is 0 Å². The van der Waals surface area contributed by atoms with Gasteiger partial charge in [0.15, 0.2) is 0 Å². The lowest BCUT2D eigenvalue weighted by atomic mass is 9.87. The summed E-state index contributed by atoms with van der Waals surface area (Å²) < 4.78 is 0. The van der Waals surface area contributed by atoms with Crippen molar-refractivity contribution in [1.82, 2.24) is 0 Å². The van der Waals surface area contributed by atoms with Crippen LogP contribution in [0.4, 0.5) is 0 Å². The van der Waals surface area contributed by atoms with E-state index in [9.17, 15) is 9.59 Å². The molecule has 1 aromatic carbocycles. The Hall–Kier alpha value is -1.88. The van der Waals surface area contributed by atoms with Gasteiger partial charge in [-0.2, -0.15) is 0 Å². The molecule has 1 atom stereocenters. The Kier molecular flexibility index (Phi) is 4.23. The summed E-state index contributed by atoms with van der Waals surface area (Å²) >= 11 is 0. The normalized spacial score (nSPS) is 13.9. The molecule has 0 radical (unpaired) electrons. The molecule has 0 aliphatic carbocycles. The number of hydrogen-bond acceptors (Lipinski definition) is 3. The molecule has 0 aliphatic heterocycles. The van der Waals surface area contributed by atoms with Crippen molar-refractivity contribution in [1.29, 1.82) is 0 Å². The third-order valence-electron chi connectivity index (χ3n) is 2.57. The number of benzene rings is 1. The number of carboxylic acid groups (broad SMARTS) is 2. The minimum absolute atomic E-state index is 0.0907. The summed E-state index contributed by atoms with van der Waals surface area (Å²) in [5.74, 6) is -2.23. The number of nitrogens with two attached hydrogens (primary N) is 1. The maximum atomic E-state index is 11.1. The summed E-state index contributed by atoms with van der Waals surface area (Å²) in [6.07, 6.45) is -0.224. The quantitative estimate of drug-likeness (QED) is 0.681. The molecule has 0 unspecified atom stereocenters. The second-order valence-corrected chi connectivity index (χ2v) is 4.02. The van der Waals surface area contributed by atoms with Gasteiger partial charge in [0, 0.05) is 12.8 Å². The first-order valence-corrected chi connectivity index (χ1v) is 5.22. The van der Waals surface area contributed by atoms with Crippen molar-refractivity contribution in [3.8, 4) is 0 Å².